The summed E-state index contributed by atoms with van der Waals surface area (Å²) in [5, 5.41) is 3.14. The number of anilines is 1. The predicted molar refractivity (Wildman–Crippen MR) is 131 cm³/mol. The minimum atomic E-state index is -0.371. The Kier molecular flexibility index (Phi) is 9.46. The summed E-state index contributed by atoms with van der Waals surface area (Å²) in [5.74, 6) is -0.371. The van der Waals surface area contributed by atoms with Crippen molar-refractivity contribution in [1.29, 1.82) is 0 Å². The van der Waals surface area contributed by atoms with Crippen molar-refractivity contribution in [3.05, 3.63) is 47.4 Å². The van der Waals surface area contributed by atoms with Crippen LogP contribution in [0.3, 0.4) is 0 Å². The van der Waals surface area contributed by atoms with Gasteiger partial charge in [-0.25, -0.2) is 14.0 Å². The average molecular weight is 478 g/mol. The molecule has 0 atom stereocenters. The highest BCUT2D eigenvalue weighted by Gasteiger charge is 2.29. The number of rotatable bonds is 5. The van der Waals surface area contributed by atoms with Crippen LogP contribution in [-0.4, -0.2) is 71.0 Å². The average Bonchev–Trinajstić information content (AvgIpc) is 2.79. The second kappa shape index (κ2) is 11.8. The maximum Gasteiger partial charge on any atom is 0.321 e. The molecule has 9 heteroatoms. The van der Waals surface area contributed by atoms with E-state index in [1.807, 2.05) is 18.7 Å². The van der Waals surface area contributed by atoms with Crippen molar-refractivity contribution in [3.8, 4) is 11.3 Å². The number of nitrogens with zero attached hydrogens (tertiary/aromatic N) is 4. The van der Waals surface area contributed by atoms with Crippen LogP contribution in [0.1, 0.15) is 34.1 Å². The van der Waals surface area contributed by atoms with Crippen molar-refractivity contribution in [2.45, 2.75) is 40.2 Å². The van der Waals surface area contributed by atoms with Crippen LogP contribution < -0.4 is 5.32 Å². The molecule has 1 aliphatic rings. The molecule has 0 radical (unpaired) electrons. The molecule has 0 saturated carbocycles. The van der Waals surface area contributed by atoms with Gasteiger partial charge in [0.05, 0.1) is 22.6 Å². The SMILES string of the molecule is C.CCN(CC)C(=O)N1CCC(N(C)C(=O)Nc2cnc(-c3cccc(F)c3)c(Cl)c2)CC1. The molecule has 1 aromatic carbocycles. The van der Waals surface area contributed by atoms with Gasteiger partial charge in [0.25, 0.3) is 0 Å². The molecule has 33 heavy (non-hydrogen) atoms. The lowest BCUT2D eigenvalue weighted by Gasteiger charge is -2.38. The third-order valence-corrected chi connectivity index (χ3v) is 6.12. The maximum absolute atomic E-state index is 13.5. The topological polar surface area (TPSA) is 68.8 Å². The molecule has 7 nitrogen and oxygen atoms in total. The van der Waals surface area contributed by atoms with Gasteiger partial charge in [-0.3, -0.25) is 4.98 Å². The number of halogens is 2. The largest absolute Gasteiger partial charge is 0.325 e. The number of hydrogen-bond donors (Lipinski definition) is 1. The minimum absolute atomic E-state index is 0. The molecule has 3 rings (SSSR count). The van der Waals surface area contributed by atoms with E-state index in [2.05, 4.69) is 10.3 Å². The number of likely N-dealkylation sites (tertiary alicyclic amines) is 1. The van der Waals surface area contributed by atoms with Crippen molar-refractivity contribution in [2.75, 3.05) is 38.5 Å². The zero-order valence-electron chi connectivity index (χ0n) is 18.6. The third kappa shape index (κ3) is 6.35. The van der Waals surface area contributed by atoms with E-state index in [1.54, 1.807) is 35.0 Å². The van der Waals surface area contributed by atoms with Gasteiger partial charge < -0.3 is 20.0 Å². The Hall–Kier alpha value is -2.87. The second-order valence-corrected chi connectivity index (χ2v) is 8.19. The lowest BCUT2D eigenvalue weighted by molar-refractivity contribution is 0.123. The van der Waals surface area contributed by atoms with E-state index in [0.29, 0.717) is 61.0 Å². The summed E-state index contributed by atoms with van der Waals surface area (Å²) in [5.41, 5.74) is 1.47. The highest BCUT2D eigenvalue weighted by molar-refractivity contribution is 6.33. The van der Waals surface area contributed by atoms with Gasteiger partial charge >= 0.3 is 12.1 Å². The Morgan fingerprint density at radius 2 is 1.88 bits per heavy atom. The van der Waals surface area contributed by atoms with Crippen LogP contribution in [0.5, 0.6) is 0 Å². The number of pyridine rings is 1. The molecular formula is C24H33ClFN5O2. The summed E-state index contributed by atoms with van der Waals surface area (Å²) in [6, 6.07) is 7.45. The normalized spacial score (nSPS) is 13.8. The molecular weight excluding hydrogens is 445 g/mol. The van der Waals surface area contributed by atoms with Gasteiger partial charge in [-0.1, -0.05) is 31.2 Å². The Morgan fingerprint density at radius 3 is 2.45 bits per heavy atom. The van der Waals surface area contributed by atoms with Gasteiger partial charge in [0.1, 0.15) is 5.82 Å². The highest BCUT2D eigenvalue weighted by Crippen LogP contribution is 2.28. The van der Waals surface area contributed by atoms with Crippen LogP contribution in [0, 0.1) is 5.82 Å². The van der Waals surface area contributed by atoms with E-state index in [1.165, 1.54) is 18.3 Å². The van der Waals surface area contributed by atoms with Gasteiger partial charge in [-0.15, -0.1) is 0 Å². The molecule has 0 unspecified atom stereocenters. The monoisotopic (exact) mass is 477 g/mol. The van der Waals surface area contributed by atoms with Crippen molar-refractivity contribution in [3.63, 3.8) is 0 Å². The summed E-state index contributed by atoms with van der Waals surface area (Å²) in [4.78, 5) is 34.9. The number of amides is 4. The van der Waals surface area contributed by atoms with Crippen LogP contribution in [0.25, 0.3) is 11.3 Å². The minimum Gasteiger partial charge on any atom is -0.325 e. The first-order valence-corrected chi connectivity index (χ1v) is 11.2. The molecule has 1 saturated heterocycles. The van der Waals surface area contributed by atoms with Crippen molar-refractivity contribution >= 4 is 29.4 Å². The molecule has 4 amide bonds. The van der Waals surface area contributed by atoms with Crippen LogP contribution in [0.15, 0.2) is 36.5 Å². The Balaban J connectivity index is 0.00000385. The predicted octanol–water partition coefficient (Wildman–Crippen LogP) is 5.57. The smallest absolute Gasteiger partial charge is 0.321 e. The number of carbonyl (C=O) groups is 2. The van der Waals surface area contributed by atoms with Crippen LogP contribution in [0.2, 0.25) is 5.02 Å². The molecule has 2 aromatic rings. The van der Waals surface area contributed by atoms with Crippen LogP contribution in [-0.2, 0) is 0 Å². The Morgan fingerprint density at radius 1 is 1.21 bits per heavy atom. The third-order valence-electron chi connectivity index (χ3n) is 5.83. The highest BCUT2D eigenvalue weighted by atomic mass is 35.5. The fourth-order valence-electron chi connectivity index (χ4n) is 3.87. The van der Waals surface area contributed by atoms with Gasteiger partial charge in [0, 0.05) is 44.8 Å². The number of piperidine rings is 1. The van der Waals surface area contributed by atoms with E-state index >= 15 is 0 Å². The first kappa shape index (κ1) is 26.4. The molecule has 1 N–H and O–H groups in total. The zero-order valence-corrected chi connectivity index (χ0v) is 19.4. The van der Waals surface area contributed by atoms with E-state index in [-0.39, 0.29) is 31.3 Å². The van der Waals surface area contributed by atoms with Crippen LogP contribution >= 0.6 is 11.6 Å². The number of aromatic nitrogens is 1. The molecule has 2 heterocycles. The Bertz CT molecular complexity index is 962. The fraction of sp³-hybridized carbons (Fsp3) is 0.458. The van der Waals surface area contributed by atoms with E-state index in [4.69, 9.17) is 11.6 Å². The first-order valence-electron chi connectivity index (χ1n) is 10.8. The molecule has 0 bridgehead atoms. The van der Waals surface area contributed by atoms with E-state index in [0.717, 1.165) is 0 Å². The molecule has 1 fully saturated rings. The Labute approximate surface area is 200 Å². The second-order valence-electron chi connectivity index (χ2n) is 7.78. The standard InChI is InChI=1S/C23H29ClFN5O2.CH4/c1-4-29(5-2)23(32)30-11-9-19(10-12-30)28(3)22(31)27-18-14-20(24)21(26-15-18)16-7-6-8-17(25)13-16;/h6-8,13-15,19H,4-5,9-12H2,1-3H3,(H,27,31);1H4. The number of carbonyl (C=O) groups excluding carboxylic acids is 2. The zero-order chi connectivity index (χ0) is 23.3. The van der Waals surface area contributed by atoms with E-state index < -0.39 is 0 Å². The molecule has 0 spiro atoms. The van der Waals surface area contributed by atoms with Crippen LogP contribution in [0.4, 0.5) is 19.7 Å². The molecule has 1 aliphatic heterocycles. The number of nitrogens with one attached hydrogen (secondary N) is 1. The van der Waals surface area contributed by atoms with Gasteiger partial charge in [-0.05, 0) is 44.9 Å². The fourth-order valence-corrected chi connectivity index (χ4v) is 4.15. The molecule has 0 aliphatic carbocycles. The summed E-state index contributed by atoms with van der Waals surface area (Å²) in [6.07, 6.45) is 2.94. The van der Waals surface area contributed by atoms with Crippen molar-refractivity contribution < 1.29 is 14.0 Å². The summed E-state index contributed by atoms with van der Waals surface area (Å²) in [6.45, 7) is 6.55. The lowest BCUT2D eigenvalue weighted by Crippen LogP contribution is -2.51. The quantitative estimate of drug-likeness (QED) is 0.612. The molecule has 180 valence electrons. The van der Waals surface area contributed by atoms with Gasteiger partial charge in [0.15, 0.2) is 0 Å². The maximum atomic E-state index is 13.5. The lowest BCUT2D eigenvalue weighted by atomic mass is 10.0. The van der Waals surface area contributed by atoms with Gasteiger partial charge in [0.2, 0.25) is 0 Å². The van der Waals surface area contributed by atoms with Crippen molar-refractivity contribution in [2.24, 2.45) is 0 Å². The number of urea groups is 2. The summed E-state index contributed by atoms with van der Waals surface area (Å²) >= 11 is 6.33. The van der Waals surface area contributed by atoms with Gasteiger partial charge in [-0.2, -0.15) is 0 Å². The first-order chi connectivity index (χ1) is 15.3. The number of hydrogen-bond acceptors (Lipinski definition) is 3. The summed E-state index contributed by atoms with van der Waals surface area (Å²) < 4.78 is 13.5. The number of benzene rings is 1. The van der Waals surface area contributed by atoms with Crippen molar-refractivity contribution in [1.82, 2.24) is 19.7 Å². The van der Waals surface area contributed by atoms with E-state index in [9.17, 15) is 14.0 Å². The summed E-state index contributed by atoms with van der Waals surface area (Å²) in [7, 11) is 1.75. The molecule has 1 aromatic heterocycles.